The fraction of sp³-hybridized carbons (Fsp3) is 0.500. The Balaban J connectivity index is 1.83. The Hall–Kier alpha value is -1.92. The smallest absolute Gasteiger partial charge is 0.259 e. The largest absolute Gasteiger partial charge is 0.334 e. The molecular weight excluding hydrogens is 340 g/mol. The molecule has 0 atom stereocenters. The second-order valence-electron chi connectivity index (χ2n) is 7.13. The summed E-state index contributed by atoms with van der Waals surface area (Å²) >= 11 is 6.28. The fourth-order valence-corrected chi connectivity index (χ4v) is 3.31. The van der Waals surface area contributed by atoms with E-state index in [1.54, 1.807) is 18.2 Å². The van der Waals surface area contributed by atoms with E-state index in [1.165, 1.54) is 0 Å². The topological polar surface area (TPSA) is 94.0 Å². The molecule has 3 N–H and O–H groups in total. The maximum Gasteiger partial charge on any atom is 0.259 e. The molecule has 3 rings (SSSR count). The van der Waals surface area contributed by atoms with Crippen molar-refractivity contribution in [3.8, 4) is 11.5 Å². The van der Waals surface area contributed by atoms with E-state index in [4.69, 9.17) is 21.9 Å². The predicted octanol–water partition coefficient (Wildman–Crippen LogP) is 4.10. The van der Waals surface area contributed by atoms with Crippen molar-refractivity contribution in [2.45, 2.75) is 51.5 Å². The number of anilines is 1. The van der Waals surface area contributed by atoms with Crippen LogP contribution in [0.1, 0.15) is 51.8 Å². The lowest BCUT2D eigenvalue weighted by Gasteiger charge is -2.17. The molecule has 0 unspecified atom stereocenters. The number of carbonyl (C=O) groups is 1. The summed E-state index contributed by atoms with van der Waals surface area (Å²) in [4.78, 5) is 16.4. The van der Waals surface area contributed by atoms with Crippen LogP contribution in [0.3, 0.4) is 0 Å². The molecule has 1 heterocycles. The molecule has 1 aliphatic carbocycles. The predicted molar refractivity (Wildman–Crippen MR) is 97.2 cm³/mol. The molecule has 1 amide bonds. The summed E-state index contributed by atoms with van der Waals surface area (Å²) in [6, 6.07) is 5.21. The van der Waals surface area contributed by atoms with Gasteiger partial charge in [0.15, 0.2) is 5.82 Å². The second-order valence-corrected chi connectivity index (χ2v) is 7.53. The summed E-state index contributed by atoms with van der Waals surface area (Å²) in [5.74, 6) is 1.08. The van der Waals surface area contributed by atoms with Crippen LogP contribution in [-0.2, 0) is 10.3 Å². The fourth-order valence-electron chi connectivity index (χ4n) is 3.11. The molecule has 0 spiro atoms. The van der Waals surface area contributed by atoms with Crippen LogP contribution in [0.25, 0.3) is 11.5 Å². The van der Waals surface area contributed by atoms with Crippen LogP contribution in [0.2, 0.25) is 5.02 Å². The first-order valence-corrected chi connectivity index (χ1v) is 8.98. The number of halogens is 1. The van der Waals surface area contributed by atoms with E-state index in [-0.39, 0.29) is 11.8 Å². The zero-order valence-electron chi connectivity index (χ0n) is 14.5. The number of nitrogens with zero attached hydrogens (tertiary/aromatic N) is 2. The van der Waals surface area contributed by atoms with Crippen molar-refractivity contribution in [1.82, 2.24) is 10.1 Å². The third kappa shape index (κ3) is 4.02. The van der Waals surface area contributed by atoms with Gasteiger partial charge >= 0.3 is 0 Å². The molecule has 1 aromatic heterocycles. The van der Waals surface area contributed by atoms with Gasteiger partial charge in [-0.1, -0.05) is 43.4 Å². The van der Waals surface area contributed by atoms with Crippen molar-refractivity contribution in [1.29, 1.82) is 0 Å². The van der Waals surface area contributed by atoms with Gasteiger partial charge in [0.05, 0.1) is 16.1 Å². The standard InChI is InChI=1S/C18H23ClN4O2/c1-11(2)9-15(24)21-12-5-6-14(19)13(10-12)16-22-17(23-25-16)18(20)7-3-4-8-18/h5-6,10-11H,3-4,7-9,20H2,1-2H3,(H,21,24). The summed E-state index contributed by atoms with van der Waals surface area (Å²) in [5.41, 5.74) is 7.09. The second kappa shape index (κ2) is 7.14. The molecule has 0 bridgehead atoms. The Morgan fingerprint density at radius 3 is 2.80 bits per heavy atom. The first-order chi connectivity index (χ1) is 11.9. The van der Waals surface area contributed by atoms with Crippen molar-refractivity contribution in [3.05, 3.63) is 29.0 Å². The van der Waals surface area contributed by atoms with Gasteiger partial charge in [-0.2, -0.15) is 4.98 Å². The van der Waals surface area contributed by atoms with Crippen molar-refractivity contribution in [2.75, 3.05) is 5.32 Å². The number of hydrogen-bond acceptors (Lipinski definition) is 5. The minimum Gasteiger partial charge on any atom is -0.334 e. The van der Waals surface area contributed by atoms with Gasteiger partial charge in [0.2, 0.25) is 5.91 Å². The quantitative estimate of drug-likeness (QED) is 0.834. The van der Waals surface area contributed by atoms with Gasteiger partial charge in [-0.05, 0) is 37.0 Å². The van der Waals surface area contributed by atoms with Crippen LogP contribution in [0.5, 0.6) is 0 Å². The Morgan fingerprint density at radius 2 is 2.12 bits per heavy atom. The highest BCUT2D eigenvalue weighted by Crippen LogP contribution is 2.36. The normalized spacial score (nSPS) is 16.4. The van der Waals surface area contributed by atoms with Crippen molar-refractivity contribution in [3.63, 3.8) is 0 Å². The average Bonchev–Trinajstić information content (AvgIpc) is 3.18. The van der Waals surface area contributed by atoms with E-state index in [0.29, 0.717) is 34.4 Å². The van der Waals surface area contributed by atoms with E-state index in [2.05, 4.69) is 15.5 Å². The van der Waals surface area contributed by atoms with Crippen LogP contribution in [-0.4, -0.2) is 16.0 Å². The van der Waals surface area contributed by atoms with Crippen LogP contribution in [0.4, 0.5) is 5.69 Å². The molecule has 1 aromatic carbocycles. The summed E-state index contributed by atoms with van der Waals surface area (Å²) in [7, 11) is 0. The van der Waals surface area contributed by atoms with Gasteiger partial charge in [0.25, 0.3) is 5.89 Å². The number of amides is 1. The molecule has 134 valence electrons. The number of aromatic nitrogens is 2. The lowest BCUT2D eigenvalue weighted by molar-refractivity contribution is -0.116. The van der Waals surface area contributed by atoms with Crippen LogP contribution >= 0.6 is 11.6 Å². The molecule has 1 aliphatic rings. The highest BCUT2D eigenvalue weighted by atomic mass is 35.5. The summed E-state index contributed by atoms with van der Waals surface area (Å²) in [6.07, 6.45) is 4.30. The lowest BCUT2D eigenvalue weighted by Crippen LogP contribution is -2.34. The first kappa shape index (κ1) is 17.9. The van der Waals surface area contributed by atoms with Crippen molar-refractivity contribution < 1.29 is 9.32 Å². The number of rotatable bonds is 5. The van der Waals surface area contributed by atoms with Crippen LogP contribution < -0.4 is 11.1 Å². The van der Waals surface area contributed by atoms with Gasteiger partial charge in [0.1, 0.15) is 0 Å². The van der Waals surface area contributed by atoms with E-state index < -0.39 is 5.54 Å². The van der Waals surface area contributed by atoms with Gasteiger partial charge in [-0.25, -0.2) is 0 Å². The Labute approximate surface area is 152 Å². The van der Waals surface area contributed by atoms with Crippen molar-refractivity contribution in [2.24, 2.45) is 11.7 Å². The molecule has 0 radical (unpaired) electrons. The Morgan fingerprint density at radius 1 is 1.40 bits per heavy atom. The molecular formula is C18H23ClN4O2. The summed E-state index contributed by atoms with van der Waals surface area (Å²) < 4.78 is 5.40. The molecule has 7 heteroatoms. The molecule has 1 fully saturated rings. The monoisotopic (exact) mass is 362 g/mol. The molecule has 6 nitrogen and oxygen atoms in total. The van der Waals surface area contributed by atoms with Gasteiger partial charge < -0.3 is 15.6 Å². The number of hydrogen-bond donors (Lipinski definition) is 2. The molecule has 25 heavy (non-hydrogen) atoms. The third-order valence-corrected chi connectivity index (χ3v) is 4.77. The molecule has 0 saturated heterocycles. The molecule has 0 aliphatic heterocycles. The van der Waals surface area contributed by atoms with Crippen LogP contribution in [0, 0.1) is 5.92 Å². The van der Waals surface area contributed by atoms with Gasteiger partial charge in [-0.3, -0.25) is 4.79 Å². The van der Waals surface area contributed by atoms with E-state index in [1.807, 2.05) is 13.8 Å². The maximum atomic E-state index is 12.0. The minimum atomic E-state index is -0.517. The SMILES string of the molecule is CC(C)CC(=O)Nc1ccc(Cl)c(-c2nc(C3(N)CCCC3)no2)c1. The highest BCUT2D eigenvalue weighted by molar-refractivity contribution is 6.33. The Bertz CT molecular complexity index is 766. The zero-order valence-corrected chi connectivity index (χ0v) is 15.3. The third-order valence-electron chi connectivity index (χ3n) is 4.44. The Kier molecular flexibility index (Phi) is 5.11. The van der Waals surface area contributed by atoms with Gasteiger partial charge in [0, 0.05) is 12.1 Å². The maximum absolute atomic E-state index is 12.0. The number of carbonyl (C=O) groups excluding carboxylic acids is 1. The summed E-state index contributed by atoms with van der Waals surface area (Å²) in [5, 5.41) is 7.41. The number of nitrogens with two attached hydrogens (primary N) is 1. The zero-order chi connectivity index (χ0) is 18.0. The van der Waals surface area contributed by atoms with Crippen LogP contribution in [0.15, 0.2) is 22.7 Å². The highest BCUT2D eigenvalue weighted by Gasteiger charge is 2.36. The van der Waals surface area contributed by atoms with Crippen molar-refractivity contribution >= 4 is 23.2 Å². The van der Waals surface area contributed by atoms with E-state index in [0.717, 1.165) is 25.7 Å². The first-order valence-electron chi connectivity index (χ1n) is 8.60. The lowest BCUT2D eigenvalue weighted by atomic mass is 9.99. The number of nitrogens with one attached hydrogen (secondary N) is 1. The molecule has 2 aromatic rings. The van der Waals surface area contributed by atoms with E-state index in [9.17, 15) is 4.79 Å². The minimum absolute atomic E-state index is 0.0404. The number of benzene rings is 1. The van der Waals surface area contributed by atoms with E-state index >= 15 is 0 Å². The average molecular weight is 363 g/mol. The molecule has 1 saturated carbocycles. The summed E-state index contributed by atoms with van der Waals surface area (Å²) in [6.45, 7) is 4.00. The van der Waals surface area contributed by atoms with Gasteiger partial charge in [-0.15, -0.1) is 0 Å².